The van der Waals surface area contributed by atoms with Crippen molar-refractivity contribution in [3.8, 4) is 11.6 Å². The summed E-state index contributed by atoms with van der Waals surface area (Å²) in [4.78, 5) is 8.67. The predicted octanol–water partition coefficient (Wildman–Crippen LogP) is 3.00. The second-order valence-electron chi connectivity index (χ2n) is 4.36. The SMILES string of the molecule is CCNCc1ccc(Oc2cccnc2C)nc1C. The Bertz CT molecular complexity index is 555. The van der Waals surface area contributed by atoms with Crippen molar-refractivity contribution in [3.05, 3.63) is 47.4 Å². The van der Waals surface area contributed by atoms with Crippen LogP contribution in [0.2, 0.25) is 0 Å². The van der Waals surface area contributed by atoms with E-state index in [0.717, 1.165) is 30.2 Å². The molecule has 0 atom stereocenters. The summed E-state index contributed by atoms with van der Waals surface area (Å²) in [5.74, 6) is 1.35. The van der Waals surface area contributed by atoms with Crippen molar-refractivity contribution in [2.45, 2.75) is 27.3 Å². The van der Waals surface area contributed by atoms with Gasteiger partial charge in [0.1, 0.15) is 0 Å². The second-order valence-corrected chi connectivity index (χ2v) is 4.36. The first-order chi connectivity index (χ1) is 9.20. The minimum Gasteiger partial charge on any atom is -0.437 e. The lowest BCUT2D eigenvalue weighted by molar-refractivity contribution is 0.454. The topological polar surface area (TPSA) is 47.0 Å². The molecule has 0 amide bonds. The van der Waals surface area contributed by atoms with E-state index in [-0.39, 0.29) is 0 Å². The number of nitrogens with one attached hydrogen (secondary N) is 1. The molecule has 0 fully saturated rings. The third-order valence-corrected chi connectivity index (χ3v) is 2.91. The first kappa shape index (κ1) is 13.5. The van der Waals surface area contributed by atoms with Crippen LogP contribution in [0.25, 0.3) is 0 Å². The molecule has 100 valence electrons. The molecule has 0 spiro atoms. The lowest BCUT2D eigenvalue weighted by atomic mass is 10.2. The molecule has 4 heteroatoms. The van der Waals surface area contributed by atoms with Gasteiger partial charge in [0, 0.05) is 24.5 Å². The highest BCUT2D eigenvalue weighted by Gasteiger charge is 2.05. The van der Waals surface area contributed by atoms with Gasteiger partial charge in [-0.3, -0.25) is 4.98 Å². The first-order valence-electron chi connectivity index (χ1n) is 6.47. The van der Waals surface area contributed by atoms with E-state index in [9.17, 15) is 0 Å². The van der Waals surface area contributed by atoms with Crippen molar-refractivity contribution in [1.82, 2.24) is 15.3 Å². The molecule has 0 aliphatic heterocycles. The van der Waals surface area contributed by atoms with E-state index in [1.54, 1.807) is 6.20 Å². The van der Waals surface area contributed by atoms with Gasteiger partial charge in [-0.05, 0) is 38.1 Å². The fraction of sp³-hybridized carbons (Fsp3) is 0.333. The second kappa shape index (κ2) is 6.29. The van der Waals surface area contributed by atoms with Crippen LogP contribution in [0.15, 0.2) is 30.5 Å². The van der Waals surface area contributed by atoms with Gasteiger partial charge in [0.05, 0.1) is 5.69 Å². The lowest BCUT2D eigenvalue weighted by Gasteiger charge is -2.10. The van der Waals surface area contributed by atoms with E-state index in [0.29, 0.717) is 5.88 Å². The van der Waals surface area contributed by atoms with Crippen LogP contribution in [0.5, 0.6) is 11.6 Å². The van der Waals surface area contributed by atoms with E-state index < -0.39 is 0 Å². The number of hydrogen-bond donors (Lipinski definition) is 1. The van der Waals surface area contributed by atoms with Gasteiger partial charge in [-0.1, -0.05) is 13.0 Å². The molecule has 0 bridgehead atoms. The number of aromatic nitrogens is 2. The molecule has 2 aromatic rings. The van der Waals surface area contributed by atoms with Crippen LogP contribution in [0.3, 0.4) is 0 Å². The van der Waals surface area contributed by atoms with Gasteiger partial charge in [-0.15, -0.1) is 0 Å². The third-order valence-electron chi connectivity index (χ3n) is 2.91. The maximum absolute atomic E-state index is 5.76. The van der Waals surface area contributed by atoms with Crippen molar-refractivity contribution in [2.24, 2.45) is 0 Å². The highest BCUT2D eigenvalue weighted by atomic mass is 16.5. The molecule has 2 rings (SSSR count). The summed E-state index contributed by atoms with van der Waals surface area (Å²) in [6, 6.07) is 7.69. The quantitative estimate of drug-likeness (QED) is 0.894. The minimum absolute atomic E-state index is 0.605. The standard InChI is InChI=1S/C15H19N3O/c1-4-16-10-13-7-8-15(18-11(13)2)19-14-6-5-9-17-12(14)3/h5-9,16H,4,10H2,1-3H3. The van der Waals surface area contributed by atoms with Gasteiger partial charge in [0.25, 0.3) is 0 Å². The molecule has 4 nitrogen and oxygen atoms in total. The first-order valence-corrected chi connectivity index (χ1v) is 6.47. The maximum Gasteiger partial charge on any atom is 0.219 e. The van der Waals surface area contributed by atoms with Crippen LogP contribution >= 0.6 is 0 Å². The van der Waals surface area contributed by atoms with E-state index in [2.05, 4.69) is 22.2 Å². The van der Waals surface area contributed by atoms with Crippen LogP contribution in [0.1, 0.15) is 23.9 Å². The Balaban J connectivity index is 2.14. The van der Waals surface area contributed by atoms with Crippen LogP contribution in [-0.4, -0.2) is 16.5 Å². The van der Waals surface area contributed by atoms with Gasteiger partial charge >= 0.3 is 0 Å². The molecule has 0 aromatic carbocycles. The molecule has 2 aromatic heterocycles. The van der Waals surface area contributed by atoms with Crippen LogP contribution in [-0.2, 0) is 6.54 Å². The van der Waals surface area contributed by atoms with E-state index >= 15 is 0 Å². The normalized spacial score (nSPS) is 10.5. The highest BCUT2D eigenvalue weighted by molar-refractivity contribution is 5.32. The minimum atomic E-state index is 0.605. The summed E-state index contributed by atoms with van der Waals surface area (Å²) in [5, 5.41) is 3.29. The molecule has 2 heterocycles. The summed E-state index contributed by atoms with van der Waals surface area (Å²) < 4.78 is 5.76. The number of ether oxygens (including phenoxy) is 1. The molecule has 0 saturated heterocycles. The number of aryl methyl sites for hydroxylation is 2. The molecule has 0 radical (unpaired) electrons. The zero-order valence-electron chi connectivity index (χ0n) is 11.6. The Morgan fingerprint density at radius 3 is 2.68 bits per heavy atom. The van der Waals surface area contributed by atoms with Gasteiger partial charge in [0.15, 0.2) is 5.75 Å². The third kappa shape index (κ3) is 3.51. The number of pyridine rings is 2. The molecule has 19 heavy (non-hydrogen) atoms. The van der Waals surface area contributed by atoms with E-state index in [4.69, 9.17) is 4.74 Å². The zero-order valence-corrected chi connectivity index (χ0v) is 11.6. The lowest BCUT2D eigenvalue weighted by Crippen LogP contribution is -2.13. The maximum atomic E-state index is 5.76. The summed E-state index contributed by atoms with van der Waals surface area (Å²) >= 11 is 0. The van der Waals surface area contributed by atoms with Crippen molar-refractivity contribution >= 4 is 0 Å². The zero-order chi connectivity index (χ0) is 13.7. The fourth-order valence-corrected chi connectivity index (χ4v) is 1.76. The van der Waals surface area contributed by atoms with Gasteiger partial charge in [-0.2, -0.15) is 0 Å². The summed E-state index contributed by atoms with van der Waals surface area (Å²) in [6.07, 6.45) is 1.75. The Hall–Kier alpha value is -1.94. The van der Waals surface area contributed by atoms with Crippen LogP contribution in [0.4, 0.5) is 0 Å². The largest absolute Gasteiger partial charge is 0.437 e. The number of rotatable bonds is 5. The summed E-state index contributed by atoms with van der Waals surface area (Å²) in [7, 11) is 0. The summed E-state index contributed by atoms with van der Waals surface area (Å²) in [6.45, 7) is 7.79. The average molecular weight is 257 g/mol. The average Bonchev–Trinajstić information content (AvgIpc) is 2.40. The van der Waals surface area contributed by atoms with Gasteiger partial charge < -0.3 is 10.1 Å². The number of nitrogens with zero attached hydrogens (tertiary/aromatic N) is 2. The Kier molecular flexibility index (Phi) is 4.47. The molecule has 0 aliphatic carbocycles. The molecule has 0 saturated carbocycles. The molecule has 0 aliphatic rings. The van der Waals surface area contributed by atoms with Crippen molar-refractivity contribution < 1.29 is 4.74 Å². The van der Waals surface area contributed by atoms with Crippen molar-refractivity contribution in [2.75, 3.05) is 6.54 Å². The van der Waals surface area contributed by atoms with Gasteiger partial charge in [0.2, 0.25) is 5.88 Å². The number of hydrogen-bond acceptors (Lipinski definition) is 4. The monoisotopic (exact) mass is 257 g/mol. The Labute approximate surface area is 113 Å². The summed E-state index contributed by atoms with van der Waals surface area (Å²) in [5.41, 5.74) is 3.04. The molecule has 1 N–H and O–H groups in total. The van der Waals surface area contributed by atoms with Crippen molar-refractivity contribution in [1.29, 1.82) is 0 Å². The highest BCUT2D eigenvalue weighted by Crippen LogP contribution is 2.22. The smallest absolute Gasteiger partial charge is 0.219 e. The van der Waals surface area contributed by atoms with Crippen LogP contribution in [0, 0.1) is 13.8 Å². The molecular formula is C15H19N3O. The van der Waals surface area contributed by atoms with Gasteiger partial charge in [-0.25, -0.2) is 4.98 Å². The Morgan fingerprint density at radius 2 is 2.00 bits per heavy atom. The predicted molar refractivity (Wildman–Crippen MR) is 75.4 cm³/mol. The fourth-order valence-electron chi connectivity index (χ4n) is 1.76. The molecular weight excluding hydrogens is 238 g/mol. The molecule has 0 unspecified atom stereocenters. The Morgan fingerprint density at radius 1 is 1.16 bits per heavy atom. The van der Waals surface area contributed by atoms with E-state index in [1.807, 2.05) is 38.1 Å². The van der Waals surface area contributed by atoms with Crippen molar-refractivity contribution in [3.63, 3.8) is 0 Å². The van der Waals surface area contributed by atoms with E-state index in [1.165, 1.54) is 5.56 Å². The van der Waals surface area contributed by atoms with Crippen LogP contribution < -0.4 is 10.1 Å².